The van der Waals surface area contributed by atoms with Crippen LogP contribution in [-0.4, -0.2) is 69.3 Å². The Morgan fingerprint density at radius 3 is 2.67 bits per heavy atom. The van der Waals surface area contributed by atoms with E-state index in [4.69, 9.17) is 9.72 Å². The lowest BCUT2D eigenvalue weighted by atomic mass is 10.1. The summed E-state index contributed by atoms with van der Waals surface area (Å²) in [5, 5.41) is 10.2. The number of rotatable bonds is 6. The third-order valence-corrected chi connectivity index (χ3v) is 7.77. The summed E-state index contributed by atoms with van der Waals surface area (Å²) in [6.07, 6.45) is 2.26. The summed E-state index contributed by atoms with van der Waals surface area (Å²) in [7, 11) is 1.64. The number of anilines is 1. The summed E-state index contributed by atoms with van der Waals surface area (Å²) in [6, 6.07) is 15.2. The number of nitrogens with one attached hydrogen (secondary N) is 1. The molecule has 1 aliphatic rings. The first-order chi connectivity index (χ1) is 18.9. The number of carbonyl (C=O) groups is 2. The Hall–Kier alpha value is -4.18. The smallest absolute Gasteiger partial charge is 0.322 e. The Bertz CT molecular complexity index is 1480. The number of nitrogens with zero attached hydrogens (tertiary/aromatic N) is 5. The minimum absolute atomic E-state index is 0.0758. The summed E-state index contributed by atoms with van der Waals surface area (Å²) in [6.45, 7) is 7.34. The number of amides is 3. The van der Waals surface area contributed by atoms with Gasteiger partial charge in [0.25, 0.3) is 5.91 Å². The first-order valence-electron chi connectivity index (χ1n) is 13.0. The van der Waals surface area contributed by atoms with Gasteiger partial charge >= 0.3 is 6.03 Å². The van der Waals surface area contributed by atoms with Gasteiger partial charge in [-0.05, 0) is 44.5 Å². The normalized spacial score (nSPS) is 15.3. The molecule has 0 saturated carbocycles. The van der Waals surface area contributed by atoms with Gasteiger partial charge in [0.05, 0.1) is 30.3 Å². The predicted molar refractivity (Wildman–Crippen MR) is 153 cm³/mol. The molecule has 2 aromatic carbocycles. The van der Waals surface area contributed by atoms with Gasteiger partial charge in [0.1, 0.15) is 5.75 Å². The topological polar surface area (TPSA) is 92.6 Å². The Morgan fingerprint density at radius 2 is 1.95 bits per heavy atom. The van der Waals surface area contributed by atoms with Crippen molar-refractivity contribution in [3.05, 3.63) is 76.9 Å². The molecule has 0 radical (unpaired) electrons. The van der Waals surface area contributed by atoms with Crippen LogP contribution in [0.4, 0.5) is 10.5 Å². The Labute approximate surface area is 232 Å². The maximum atomic E-state index is 13.6. The molecule has 1 aliphatic heterocycles. The van der Waals surface area contributed by atoms with Gasteiger partial charge in [-0.3, -0.25) is 4.79 Å². The molecule has 4 aromatic rings. The van der Waals surface area contributed by atoms with Crippen LogP contribution >= 0.6 is 11.3 Å². The fourth-order valence-corrected chi connectivity index (χ4v) is 5.59. The van der Waals surface area contributed by atoms with Gasteiger partial charge in [-0.15, -0.1) is 11.3 Å². The molecular formula is C29H32N6O3S. The van der Waals surface area contributed by atoms with E-state index in [1.807, 2.05) is 79.6 Å². The minimum Gasteiger partial charge on any atom is -0.497 e. The second-order valence-electron chi connectivity index (χ2n) is 9.61. The third-order valence-electron chi connectivity index (χ3n) is 6.95. The summed E-state index contributed by atoms with van der Waals surface area (Å²) in [5.74, 6) is 0.693. The number of benzene rings is 2. The highest BCUT2D eigenvalue weighted by molar-refractivity contribution is 7.12. The van der Waals surface area contributed by atoms with Gasteiger partial charge in [-0.25, -0.2) is 14.5 Å². The average molecular weight is 545 g/mol. The zero-order valence-corrected chi connectivity index (χ0v) is 23.4. The van der Waals surface area contributed by atoms with Crippen LogP contribution in [0.3, 0.4) is 0 Å². The van der Waals surface area contributed by atoms with E-state index in [0.717, 1.165) is 34.0 Å². The van der Waals surface area contributed by atoms with Crippen LogP contribution in [0, 0.1) is 6.92 Å². The van der Waals surface area contributed by atoms with Gasteiger partial charge in [0, 0.05) is 42.3 Å². The number of aryl methyl sites for hydroxylation is 1. The van der Waals surface area contributed by atoms with Crippen molar-refractivity contribution in [1.29, 1.82) is 0 Å². The average Bonchev–Trinajstić information content (AvgIpc) is 3.61. The number of thiazole rings is 1. The van der Waals surface area contributed by atoms with Crippen LogP contribution < -0.4 is 10.1 Å². The molecule has 1 saturated heterocycles. The number of carbonyl (C=O) groups excluding carboxylic acids is 2. The molecule has 1 fully saturated rings. The van der Waals surface area contributed by atoms with Crippen LogP contribution in [0.5, 0.6) is 5.75 Å². The molecule has 3 amide bonds. The van der Waals surface area contributed by atoms with E-state index >= 15 is 0 Å². The van der Waals surface area contributed by atoms with Crippen LogP contribution in [0.1, 0.15) is 35.5 Å². The van der Waals surface area contributed by atoms with Crippen molar-refractivity contribution in [3.8, 4) is 22.1 Å². The first kappa shape index (κ1) is 26.4. The van der Waals surface area contributed by atoms with E-state index in [1.165, 1.54) is 11.3 Å². The lowest BCUT2D eigenvalue weighted by Gasteiger charge is -2.39. The molecule has 9 nitrogen and oxygen atoms in total. The Morgan fingerprint density at radius 1 is 1.15 bits per heavy atom. The van der Waals surface area contributed by atoms with E-state index < -0.39 is 0 Å². The molecule has 0 spiro atoms. The first-order valence-corrected chi connectivity index (χ1v) is 13.9. The number of hydrogen-bond donors (Lipinski definition) is 1. The molecule has 1 N–H and O–H groups in total. The number of aromatic nitrogens is 3. The second kappa shape index (κ2) is 11.3. The minimum atomic E-state index is -0.156. The Kier molecular flexibility index (Phi) is 7.65. The molecule has 5 rings (SSSR count). The molecule has 0 bridgehead atoms. The van der Waals surface area contributed by atoms with Gasteiger partial charge in [-0.2, -0.15) is 5.10 Å². The summed E-state index contributed by atoms with van der Waals surface area (Å²) in [5.41, 5.74) is 5.06. The molecular weight excluding hydrogens is 512 g/mol. The van der Waals surface area contributed by atoms with Crippen molar-refractivity contribution in [2.24, 2.45) is 0 Å². The predicted octanol–water partition coefficient (Wildman–Crippen LogP) is 5.25. The van der Waals surface area contributed by atoms with Crippen molar-refractivity contribution >= 4 is 29.0 Å². The van der Waals surface area contributed by atoms with Gasteiger partial charge in [0.2, 0.25) is 5.13 Å². The van der Waals surface area contributed by atoms with E-state index in [2.05, 4.69) is 10.4 Å². The number of urea groups is 1. The van der Waals surface area contributed by atoms with Gasteiger partial charge in [-0.1, -0.05) is 36.8 Å². The number of ether oxygens (including phenoxy) is 1. The number of piperazine rings is 1. The second-order valence-corrected chi connectivity index (χ2v) is 10.4. The molecule has 3 heterocycles. The molecule has 10 heteroatoms. The molecule has 2 aromatic heterocycles. The number of hydrogen-bond acceptors (Lipinski definition) is 6. The Balaban J connectivity index is 1.28. The van der Waals surface area contributed by atoms with Crippen molar-refractivity contribution < 1.29 is 14.3 Å². The van der Waals surface area contributed by atoms with Crippen LogP contribution in [0.2, 0.25) is 0 Å². The van der Waals surface area contributed by atoms with Crippen molar-refractivity contribution in [1.82, 2.24) is 24.6 Å². The lowest BCUT2D eigenvalue weighted by Crippen LogP contribution is -2.56. The maximum Gasteiger partial charge on any atom is 0.322 e. The maximum absolute atomic E-state index is 13.6. The highest BCUT2D eigenvalue weighted by Gasteiger charge is 2.32. The molecule has 1 atom stereocenters. The molecule has 202 valence electrons. The quantitative estimate of drug-likeness (QED) is 0.358. The van der Waals surface area contributed by atoms with E-state index in [0.29, 0.717) is 36.8 Å². The van der Waals surface area contributed by atoms with E-state index in [-0.39, 0.29) is 18.0 Å². The highest BCUT2D eigenvalue weighted by atomic mass is 32.1. The summed E-state index contributed by atoms with van der Waals surface area (Å²) in [4.78, 5) is 34.9. The highest BCUT2D eigenvalue weighted by Crippen LogP contribution is 2.28. The van der Waals surface area contributed by atoms with Crippen LogP contribution in [0.15, 0.2) is 60.1 Å². The van der Waals surface area contributed by atoms with Crippen LogP contribution in [-0.2, 0) is 6.42 Å². The van der Waals surface area contributed by atoms with E-state index in [9.17, 15) is 9.59 Å². The van der Waals surface area contributed by atoms with Gasteiger partial charge < -0.3 is 19.9 Å². The zero-order valence-electron chi connectivity index (χ0n) is 22.5. The molecule has 1 unspecified atom stereocenters. The standard InChI is InChI=1S/C29H32N6O3S/c1-5-26-24(16-30-35(26)29-32-25(18-39-29)21-7-6-8-23(15-21)38-4)27(36)33-13-14-34(20(3)17-33)28(37)31-22-11-9-19(2)10-12-22/h6-12,15-16,18,20H,5,13-14,17H2,1-4H3,(H,31,37). The van der Waals surface area contributed by atoms with Crippen molar-refractivity contribution in [2.45, 2.75) is 33.2 Å². The number of methoxy groups -OCH3 is 1. The van der Waals surface area contributed by atoms with E-state index in [1.54, 1.807) is 22.9 Å². The van der Waals surface area contributed by atoms with Crippen molar-refractivity contribution in [2.75, 3.05) is 32.1 Å². The fraction of sp³-hybridized carbons (Fsp3) is 0.310. The zero-order chi connectivity index (χ0) is 27.5. The monoisotopic (exact) mass is 544 g/mol. The van der Waals surface area contributed by atoms with Gasteiger partial charge in [0.15, 0.2) is 0 Å². The third kappa shape index (κ3) is 5.51. The molecule has 0 aliphatic carbocycles. The lowest BCUT2D eigenvalue weighted by molar-refractivity contribution is 0.0591. The largest absolute Gasteiger partial charge is 0.497 e. The van der Waals surface area contributed by atoms with Crippen molar-refractivity contribution in [3.63, 3.8) is 0 Å². The van der Waals surface area contributed by atoms with Crippen LogP contribution in [0.25, 0.3) is 16.4 Å². The summed E-state index contributed by atoms with van der Waals surface area (Å²) < 4.78 is 7.10. The SMILES string of the molecule is CCc1c(C(=O)N2CCN(C(=O)Nc3ccc(C)cc3)C(C)C2)cnn1-c1nc(-c2cccc(OC)c2)cs1. The fourth-order valence-electron chi connectivity index (χ4n) is 4.78. The summed E-state index contributed by atoms with van der Waals surface area (Å²) >= 11 is 1.48. The molecule has 39 heavy (non-hydrogen) atoms.